The van der Waals surface area contributed by atoms with Gasteiger partial charge in [0.25, 0.3) is 0 Å². The van der Waals surface area contributed by atoms with Crippen molar-refractivity contribution in [3.05, 3.63) is 18.2 Å². The minimum Gasteiger partial charge on any atom is -0.348 e. The SMILES string of the molecule is CCCN1C(=O)CC(NCCc2cnc[nH]2)C1=O. The van der Waals surface area contributed by atoms with Crippen molar-refractivity contribution in [1.82, 2.24) is 20.2 Å². The Morgan fingerprint density at radius 1 is 1.56 bits per heavy atom. The summed E-state index contributed by atoms with van der Waals surface area (Å²) < 4.78 is 0. The quantitative estimate of drug-likeness (QED) is 0.701. The molecule has 1 aromatic rings. The highest BCUT2D eigenvalue weighted by atomic mass is 16.2. The van der Waals surface area contributed by atoms with E-state index >= 15 is 0 Å². The molecule has 0 bridgehead atoms. The predicted octanol–water partition coefficient (Wildman–Crippen LogP) is 0.0793. The third-order valence-electron chi connectivity index (χ3n) is 3.03. The Morgan fingerprint density at radius 3 is 3.06 bits per heavy atom. The maximum absolute atomic E-state index is 11.9. The highest BCUT2D eigenvalue weighted by molar-refractivity contribution is 6.05. The smallest absolute Gasteiger partial charge is 0.246 e. The molecule has 0 aromatic carbocycles. The van der Waals surface area contributed by atoms with Crippen molar-refractivity contribution in [1.29, 1.82) is 0 Å². The van der Waals surface area contributed by atoms with Crippen LogP contribution in [0.3, 0.4) is 0 Å². The first kappa shape index (κ1) is 12.8. The number of rotatable bonds is 6. The van der Waals surface area contributed by atoms with Crippen LogP contribution in [0.25, 0.3) is 0 Å². The monoisotopic (exact) mass is 250 g/mol. The first-order valence-electron chi connectivity index (χ1n) is 6.27. The van der Waals surface area contributed by atoms with Gasteiger partial charge in [-0.1, -0.05) is 6.92 Å². The minimum absolute atomic E-state index is 0.0686. The van der Waals surface area contributed by atoms with E-state index in [0.717, 1.165) is 18.5 Å². The maximum Gasteiger partial charge on any atom is 0.246 e. The van der Waals surface area contributed by atoms with Gasteiger partial charge >= 0.3 is 0 Å². The number of imide groups is 1. The molecule has 98 valence electrons. The second-order valence-corrected chi connectivity index (χ2v) is 4.42. The third-order valence-corrected chi connectivity index (χ3v) is 3.03. The molecule has 1 fully saturated rings. The predicted molar refractivity (Wildman–Crippen MR) is 65.7 cm³/mol. The lowest BCUT2D eigenvalue weighted by atomic mass is 10.2. The third kappa shape index (κ3) is 2.76. The van der Waals surface area contributed by atoms with Crippen LogP contribution >= 0.6 is 0 Å². The second kappa shape index (κ2) is 5.77. The van der Waals surface area contributed by atoms with Crippen LogP contribution in [0.15, 0.2) is 12.5 Å². The van der Waals surface area contributed by atoms with Gasteiger partial charge in [-0.15, -0.1) is 0 Å². The number of hydrogen-bond acceptors (Lipinski definition) is 4. The van der Waals surface area contributed by atoms with Crippen molar-refractivity contribution in [2.24, 2.45) is 0 Å². The average Bonchev–Trinajstić information content (AvgIpc) is 2.94. The maximum atomic E-state index is 11.9. The molecular weight excluding hydrogens is 232 g/mol. The summed E-state index contributed by atoms with van der Waals surface area (Å²) >= 11 is 0. The highest BCUT2D eigenvalue weighted by Gasteiger charge is 2.37. The number of aromatic amines is 1. The summed E-state index contributed by atoms with van der Waals surface area (Å²) in [6, 6.07) is -0.355. The topological polar surface area (TPSA) is 78.1 Å². The van der Waals surface area contributed by atoms with Crippen LogP contribution in [0.4, 0.5) is 0 Å². The van der Waals surface area contributed by atoms with Crippen LogP contribution in [0, 0.1) is 0 Å². The Morgan fingerprint density at radius 2 is 2.39 bits per heavy atom. The van der Waals surface area contributed by atoms with Gasteiger partial charge in [0.05, 0.1) is 18.8 Å². The van der Waals surface area contributed by atoms with Gasteiger partial charge in [0, 0.05) is 31.4 Å². The van der Waals surface area contributed by atoms with Crippen LogP contribution in [-0.2, 0) is 16.0 Å². The van der Waals surface area contributed by atoms with Gasteiger partial charge < -0.3 is 10.3 Å². The first-order valence-corrected chi connectivity index (χ1v) is 6.27. The summed E-state index contributed by atoms with van der Waals surface area (Å²) in [6.07, 6.45) is 5.24. The first-order chi connectivity index (χ1) is 8.72. The zero-order valence-corrected chi connectivity index (χ0v) is 10.5. The summed E-state index contributed by atoms with van der Waals surface area (Å²) in [5.74, 6) is -0.160. The molecule has 1 aromatic heterocycles. The van der Waals surface area contributed by atoms with Crippen molar-refractivity contribution in [2.45, 2.75) is 32.2 Å². The van der Waals surface area contributed by atoms with E-state index in [1.54, 1.807) is 12.5 Å². The fourth-order valence-corrected chi connectivity index (χ4v) is 2.10. The fourth-order valence-electron chi connectivity index (χ4n) is 2.10. The number of likely N-dealkylation sites (tertiary alicyclic amines) is 1. The molecule has 0 saturated carbocycles. The van der Waals surface area contributed by atoms with Gasteiger partial charge in [0.2, 0.25) is 11.8 Å². The molecule has 2 rings (SSSR count). The molecule has 2 heterocycles. The molecule has 1 saturated heterocycles. The lowest BCUT2D eigenvalue weighted by Gasteiger charge is -2.14. The van der Waals surface area contributed by atoms with Crippen molar-refractivity contribution in [2.75, 3.05) is 13.1 Å². The Balaban J connectivity index is 1.80. The molecule has 2 N–H and O–H groups in total. The van der Waals surface area contributed by atoms with E-state index in [4.69, 9.17) is 0 Å². The Hall–Kier alpha value is -1.69. The van der Waals surface area contributed by atoms with E-state index in [2.05, 4.69) is 15.3 Å². The number of imidazole rings is 1. The van der Waals surface area contributed by atoms with Crippen LogP contribution in [0.1, 0.15) is 25.5 Å². The van der Waals surface area contributed by atoms with Gasteiger partial charge in [-0.25, -0.2) is 4.98 Å². The van der Waals surface area contributed by atoms with Gasteiger partial charge in [-0.2, -0.15) is 0 Å². The van der Waals surface area contributed by atoms with E-state index in [0.29, 0.717) is 13.1 Å². The minimum atomic E-state index is -0.355. The van der Waals surface area contributed by atoms with Crippen LogP contribution in [-0.4, -0.2) is 45.8 Å². The summed E-state index contributed by atoms with van der Waals surface area (Å²) in [6.45, 7) is 3.14. The molecule has 0 radical (unpaired) electrons. The number of nitrogens with one attached hydrogen (secondary N) is 2. The van der Waals surface area contributed by atoms with Gasteiger partial charge in [-0.05, 0) is 6.42 Å². The second-order valence-electron chi connectivity index (χ2n) is 4.42. The number of amides is 2. The molecule has 1 atom stereocenters. The molecule has 2 amide bonds. The largest absolute Gasteiger partial charge is 0.348 e. The van der Waals surface area contributed by atoms with E-state index in [1.807, 2.05) is 6.92 Å². The summed E-state index contributed by atoms with van der Waals surface area (Å²) in [5.41, 5.74) is 1.02. The van der Waals surface area contributed by atoms with Gasteiger partial charge in [0.15, 0.2) is 0 Å². The van der Waals surface area contributed by atoms with Crippen LogP contribution < -0.4 is 5.32 Å². The Kier molecular flexibility index (Phi) is 4.09. The number of carbonyl (C=O) groups excluding carboxylic acids is 2. The average molecular weight is 250 g/mol. The molecule has 1 aliphatic rings. The molecular formula is C12H18N4O2. The normalized spacial score (nSPS) is 19.8. The standard InChI is InChI=1S/C12H18N4O2/c1-2-5-16-11(17)6-10(12(16)18)14-4-3-9-7-13-8-15-9/h7-8,10,14H,2-6H2,1H3,(H,13,15). The molecule has 6 heteroatoms. The number of hydrogen-bond donors (Lipinski definition) is 2. The zero-order valence-electron chi connectivity index (χ0n) is 10.5. The van der Waals surface area contributed by atoms with Crippen LogP contribution in [0.5, 0.6) is 0 Å². The Bertz CT molecular complexity index is 416. The lowest BCUT2D eigenvalue weighted by Crippen LogP contribution is -2.39. The van der Waals surface area contributed by atoms with Gasteiger partial charge in [-0.3, -0.25) is 14.5 Å². The van der Waals surface area contributed by atoms with E-state index in [9.17, 15) is 9.59 Å². The van der Waals surface area contributed by atoms with Crippen molar-refractivity contribution in [3.8, 4) is 0 Å². The fraction of sp³-hybridized carbons (Fsp3) is 0.583. The van der Waals surface area contributed by atoms with Crippen molar-refractivity contribution >= 4 is 11.8 Å². The Labute approximate surface area is 106 Å². The summed E-state index contributed by atoms with van der Waals surface area (Å²) in [4.78, 5) is 31.8. The number of aromatic nitrogens is 2. The summed E-state index contributed by atoms with van der Waals surface area (Å²) in [5, 5.41) is 3.13. The summed E-state index contributed by atoms with van der Waals surface area (Å²) in [7, 11) is 0. The molecule has 0 spiro atoms. The molecule has 18 heavy (non-hydrogen) atoms. The molecule has 6 nitrogen and oxygen atoms in total. The zero-order chi connectivity index (χ0) is 13.0. The molecule has 1 unspecified atom stereocenters. The van der Waals surface area contributed by atoms with Crippen molar-refractivity contribution in [3.63, 3.8) is 0 Å². The van der Waals surface area contributed by atoms with Gasteiger partial charge in [0.1, 0.15) is 0 Å². The van der Waals surface area contributed by atoms with E-state index in [-0.39, 0.29) is 24.3 Å². The highest BCUT2D eigenvalue weighted by Crippen LogP contribution is 2.13. The lowest BCUT2D eigenvalue weighted by molar-refractivity contribution is -0.138. The number of nitrogens with zero attached hydrogens (tertiary/aromatic N) is 2. The van der Waals surface area contributed by atoms with Crippen LogP contribution in [0.2, 0.25) is 0 Å². The molecule has 0 aliphatic carbocycles. The number of carbonyl (C=O) groups is 2. The number of H-pyrrole nitrogens is 1. The van der Waals surface area contributed by atoms with Crippen molar-refractivity contribution < 1.29 is 9.59 Å². The van der Waals surface area contributed by atoms with E-state index in [1.165, 1.54) is 4.90 Å². The molecule has 1 aliphatic heterocycles. The van der Waals surface area contributed by atoms with E-state index < -0.39 is 0 Å².